The molecule has 0 saturated heterocycles. The van der Waals surface area contributed by atoms with E-state index in [1.165, 1.54) is 0 Å². The van der Waals surface area contributed by atoms with Crippen LogP contribution in [0.4, 0.5) is 5.95 Å². The van der Waals surface area contributed by atoms with Crippen molar-refractivity contribution in [2.45, 2.75) is 12.6 Å². The number of fused-ring (bicyclic) bond motifs is 4. The van der Waals surface area contributed by atoms with Crippen LogP contribution in [0.3, 0.4) is 0 Å². The lowest BCUT2D eigenvalue weighted by Crippen LogP contribution is -2.31. The second-order valence-electron chi connectivity index (χ2n) is 6.19. The summed E-state index contributed by atoms with van der Waals surface area (Å²) in [6.07, 6.45) is 0.419. The van der Waals surface area contributed by atoms with Gasteiger partial charge in [0, 0.05) is 12.0 Å². The third-order valence-corrected chi connectivity index (χ3v) is 4.75. The zero-order chi connectivity index (χ0) is 17.7. The minimum Gasteiger partial charge on any atom is -0.489 e. The molecule has 3 heterocycles. The van der Waals surface area contributed by atoms with Crippen LogP contribution in [0.25, 0.3) is 11.0 Å². The Morgan fingerprint density at radius 2 is 2.04 bits per heavy atom. The molecule has 3 aromatic rings. The Kier molecular flexibility index (Phi) is 3.43. The number of para-hydroxylation sites is 2. The van der Waals surface area contributed by atoms with Gasteiger partial charge in [0.05, 0.1) is 29.3 Å². The van der Waals surface area contributed by atoms with E-state index in [1.807, 2.05) is 41.0 Å². The number of imidazole rings is 1. The molecule has 2 aromatic carbocycles. The van der Waals surface area contributed by atoms with Crippen molar-refractivity contribution in [1.82, 2.24) is 9.55 Å². The number of nitrogens with zero attached hydrogens (tertiary/aromatic N) is 3. The first kappa shape index (κ1) is 15.3. The van der Waals surface area contributed by atoms with Gasteiger partial charge in [-0.1, -0.05) is 23.7 Å². The SMILES string of the molecule is NC1=N[C@H](c2cc(Cl)c3c(c2)OCCCO3)n2c(nc3ccccc32)N1. The van der Waals surface area contributed by atoms with Gasteiger partial charge >= 0.3 is 0 Å². The summed E-state index contributed by atoms with van der Waals surface area (Å²) in [5.41, 5.74) is 8.68. The molecule has 3 N–H and O–H groups in total. The van der Waals surface area contributed by atoms with Crippen LogP contribution < -0.4 is 20.5 Å². The van der Waals surface area contributed by atoms with Crippen LogP contribution in [0, 0.1) is 0 Å². The van der Waals surface area contributed by atoms with Crippen LogP contribution >= 0.6 is 11.6 Å². The zero-order valence-electron chi connectivity index (χ0n) is 13.8. The first-order chi connectivity index (χ1) is 12.7. The minimum absolute atomic E-state index is 0.307. The number of benzene rings is 2. The molecule has 2 aliphatic rings. The lowest BCUT2D eigenvalue weighted by atomic mass is 10.1. The van der Waals surface area contributed by atoms with Crippen molar-refractivity contribution in [3.8, 4) is 11.5 Å². The summed E-state index contributed by atoms with van der Waals surface area (Å²) in [4.78, 5) is 9.19. The van der Waals surface area contributed by atoms with Gasteiger partial charge in [-0.05, 0) is 24.3 Å². The Bertz CT molecular complexity index is 1050. The van der Waals surface area contributed by atoms with Crippen molar-refractivity contribution in [2.24, 2.45) is 10.7 Å². The van der Waals surface area contributed by atoms with E-state index in [0.717, 1.165) is 23.0 Å². The van der Waals surface area contributed by atoms with Gasteiger partial charge in [0.15, 0.2) is 23.6 Å². The maximum Gasteiger partial charge on any atom is 0.212 e. The topological polar surface area (TPSA) is 86.7 Å². The Labute approximate surface area is 154 Å². The summed E-state index contributed by atoms with van der Waals surface area (Å²) >= 11 is 6.47. The molecule has 1 atom stereocenters. The van der Waals surface area contributed by atoms with Crippen LogP contribution in [-0.2, 0) is 0 Å². The number of rotatable bonds is 1. The number of guanidine groups is 1. The molecule has 26 heavy (non-hydrogen) atoms. The number of aliphatic imine (C=N–C) groups is 1. The van der Waals surface area contributed by atoms with Crippen LogP contribution in [0.15, 0.2) is 41.4 Å². The molecule has 5 rings (SSSR count). The van der Waals surface area contributed by atoms with E-state index in [2.05, 4.69) is 15.3 Å². The molecule has 132 valence electrons. The van der Waals surface area contributed by atoms with Gasteiger partial charge in [-0.15, -0.1) is 0 Å². The number of halogens is 1. The lowest BCUT2D eigenvalue weighted by molar-refractivity contribution is 0.297. The zero-order valence-corrected chi connectivity index (χ0v) is 14.5. The molecule has 2 aliphatic heterocycles. The van der Waals surface area contributed by atoms with Crippen LogP contribution in [0.2, 0.25) is 5.02 Å². The Morgan fingerprint density at radius 3 is 2.96 bits per heavy atom. The first-order valence-corrected chi connectivity index (χ1v) is 8.75. The second-order valence-corrected chi connectivity index (χ2v) is 6.59. The van der Waals surface area contributed by atoms with E-state index in [4.69, 9.17) is 26.8 Å². The molecular weight excluding hydrogens is 354 g/mol. The molecule has 7 nitrogen and oxygen atoms in total. The molecule has 0 saturated carbocycles. The van der Waals surface area contributed by atoms with Crippen molar-refractivity contribution < 1.29 is 9.47 Å². The molecule has 8 heteroatoms. The van der Waals surface area contributed by atoms with Gasteiger partial charge in [0.2, 0.25) is 5.95 Å². The maximum absolute atomic E-state index is 6.47. The molecule has 0 amide bonds. The number of ether oxygens (including phenoxy) is 2. The number of aromatic nitrogens is 2. The van der Waals surface area contributed by atoms with Crippen LogP contribution in [0.5, 0.6) is 11.5 Å². The third-order valence-electron chi connectivity index (χ3n) is 4.46. The molecule has 0 fully saturated rings. The summed E-state index contributed by atoms with van der Waals surface area (Å²) in [6, 6.07) is 11.6. The lowest BCUT2D eigenvalue weighted by Gasteiger charge is -2.24. The van der Waals surface area contributed by atoms with Gasteiger partial charge in [-0.3, -0.25) is 9.88 Å². The largest absolute Gasteiger partial charge is 0.489 e. The van der Waals surface area contributed by atoms with E-state index in [0.29, 0.717) is 41.6 Å². The Morgan fingerprint density at radius 1 is 1.19 bits per heavy atom. The summed E-state index contributed by atoms with van der Waals surface area (Å²) in [5, 5.41) is 3.52. The van der Waals surface area contributed by atoms with E-state index >= 15 is 0 Å². The summed E-state index contributed by atoms with van der Waals surface area (Å²) in [6.45, 7) is 1.17. The van der Waals surface area contributed by atoms with Crippen molar-refractivity contribution >= 4 is 34.5 Å². The van der Waals surface area contributed by atoms with Gasteiger partial charge in [0.25, 0.3) is 0 Å². The van der Waals surface area contributed by atoms with Gasteiger partial charge < -0.3 is 15.2 Å². The number of nitrogens with one attached hydrogen (secondary N) is 1. The van der Waals surface area contributed by atoms with Crippen LogP contribution in [-0.4, -0.2) is 28.7 Å². The van der Waals surface area contributed by atoms with Crippen molar-refractivity contribution in [3.63, 3.8) is 0 Å². The molecule has 0 unspecified atom stereocenters. The highest BCUT2D eigenvalue weighted by Crippen LogP contribution is 2.42. The molecule has 0 bridgehead atoms. The predicted molar refractivity (Wildman–Crippen MR) is 100 cm³/mol. The van der Waals surface area contributed by atoms with E-state index < -0.39 is 6.17 Å². The van der Waals surface area contributed by atoms with E-state index in [1.54, 1.807) is 0 Å². The number of anilines is 1. The monoisotopic (exact) mass is 369 g/mol. The average Bonchev–Trinajstić information content (AvgIpc) is 2.82. The number of nitrogens with two attached hydrogens (primary N) is 1. The highest BCUT2D eigenvalue weighted by atomic mass is 35.5. The fourth-order valence-electron chi connectivity index (χ4n) is 3.34. The van der Waals surface area contributed by atoms with Gasteiger partial charge in [-0.25, -0.2) is 9.98 Å². The summed E-state index contributed by atoms with van der Waals surface area (Å²) in [5.74, 6) is 2.16. The van der Waals surface area contributed by atoms with Gasteiger partial charge in [0.1, 0.15) is 0 Å². The molecule has 0 aliphatic carbocycles. The van der Waals surface area contributed by atoms with Crippen LogP contribution in [0.1, 0.15) is 18.2 Å². The Hall–Kier alpha value is -2.93. The third kappa shape index (κ3) is 2.35. The fourth-order valence-corrected chi connectivity index (χ4v) is 3.61. The maximum atomic E-state index is 6.47. The standard InChI is InChI=1S/C18H16ClN5O2/c19-11-8-10(9-14-15(11)26-7-3-6-25-14)16-22-17(20)23-18-21-12-4-1-2-5-13(12)24(16)18/h1-2,4-5,8-9,16H,3,6-7H2,(H3,20,21,22,23)/t16-/m0/s1. The average molecular weight is 370 g/mol. The van der Waals surface area contributed by atoms with Crippen molar-refractivity contribution in [3.05, 3.63) is 47.0 Å². The summed E-state index contributed by atoms with van der Waals surface area (Å²) < 4.78 is 13.5. The number of hydrogen-bond acceptors (Lipinski definition) is 6. The van der Waals surface area contributed by atoms with Gasteiger partial charge in [-0.2, -0.15) is 0 Å². The number of hydrogen-bond donors (Lipinski definition) is 2. The minimum atomic E-state index is -0.395. The molecule has 0 spiro atoms. The van der Waals surface area contributed by atoms with E-state index in [9.17, 15) is 0 Å². The molecule has 1 aromatic heterocycles. The van der Waals surface area contributed by atoms with E-state index in [-0.39, 0.29) is 0 Å². The Balaban J connectivity index is 1.70. The highest BCUT2D eigenvalue weighted by Gasteiger charge is 2.27. The predicted octanol–water partition coefficient (Wildman–Crippen LogP) is 3.14. The van der Waals surface area contributed by atoms with Crippen molar-refractivity contribution in [2.75, 3.05) is 18.5 Å². The summed E-state index contributed by atoms with van der Waals surface area (Å²) in [7, 11) is 0. The van der Waals surface area contributed by atoms with Crippen molar-refractivity contribution in [1.29, 1.82) is 0 Å². The second kappa shape index (κ2) is 5.81. The smallest absolute Gasteiger partial charge is 0.212 e. The quantitative estimate of drug-likeness (QED) is 0.688. The normalized spacial score (nSPS) is 18.7. The fraction of sp³-hybridized carbons (Fsp3) is 0.222. The molecular formula is C18H16ClN5O2. The first-order valence-electron chi connectivity index (χ1n) is 8.37. The molecule has 0 radical (unpaired) electrons. The highest BCUT2D eigenvalue weighted by molar-refractivity contribution is 6.32.